The number of pyridine rings is 1. The first-order chi connectivity index (χ1) is 6.07. The Balaban J connectivity index is 2.42. The van der Waals surface area contributed by atoms with E-state index in [4.69, 9.17) is 0 Å². The van der Waals surface area contributed by atoms with Gasteiger partial charge in [-0.3, -0.25) is 4.98 Å². The third kappa shape index (κ3) is 1.60. The first kappa shape index (κ1) is 8.74. The highest BCUT2D eigenvalue weighted by atomic mass is 14.7. The van der Waals surface area contributed by atoms with Gasteiger partial charge in [0.2, 0.25) is 0 Å². The average Bonchev–Trinajstić information content (AvgIpc) is 2.47. The zero-order valence-electron chi connectivity index (χ0n) is 8.72. The second kappa shape index (κ2) is 2.83. The third-order valence-corrected chi connectivity index (χ3v) is 2.79. The molecule has 0 atom stereocenters. The average molecular weight is 175 g/mol. The summed E-state index contributed by atoms with van der Waals surface area (Å²) in [7, 11) is 0. The van der Waals surface area contributed by atoms with Crippen molar-refractivity contribution in [2.24, 2.45) is 0 Å². The minimum Gasteiger partial charge on any atom is -0.261 e. The molecule has 1 aliphatic carbocycles. The van der Waals surface area contributed by atoms with E-state index in [2.05, 4.69) is 31.8 Å². The van der Waals surface area contributed by atoms with Gasteiger partial charge in [-0.25, -0.2) is 0 Å². The lowest BCUT2D eigenvalue weighted by Gasteiger charge is -2.19. The van der Waals surface area contributed by atoms with E-state index in [9.17, 15) is 0 Å². The first-order valence-corrected chi connectivity index (χ1v) is 5.05. The molecule has 13 heavy (non-hydrogen) atoms. The highest BCUT2D eigenvalue weighted by Gasteiger charge is 2.18. The lowest BCUT2D eigenvalue weighted by atomic mass is 9.87. The van der Waals surface area contributed by atoms with Gasteiger partial charge < -0.3 is 0 Å². The van der Waals surface area contributed by atoms with Crippen LogP contribution in [0, 0.1) is 0 Å². The van der Waals surface area contributed by atoms with Crippen molar-refractivity contribution in [1.29, 1.82) is 0 Å². The van der Waals surface area contributed by atoms with E-state index >= 15 is 0 Å². The number of hydrogen-bond acceptors (Lipinski definition) is 1. The molecule has 1 nitrogen and oxygen atoms in total. The van der Waals surface area contributed by atoms with Crippen molar-refractivity contribution in [3.63, 3.8) is 0 Å². The van der Waals surface area contributed by atoms with E-state index in [1.54, 1.807) is 0 Å². The Hall–Kier alpha value is -0.850. The highest BCUT2D eigenvalue weighted by molar-refractivity contribution is 5.32. The molecule has 1 aromatic heterocycles. The van der Waals surface area contributed by atoms with Crippen molar-refractivity contribution >= 4 is 0 Å². The standard InChI is InChI=1S/C12H17N/c1-12(2,3)10-7-9-5-4-6-11(9)13-8-10/h7-8H,4-6H2,1-3H3. The van der Waals surface area contributed by atoms with Crippen LogP contribution in [0.5, 0.6) is 0 Å². The largest absolute Gasteiger partial charge is 0.261 e. The van der Waals surface area contributed by atoms with Crippen LogP contribution in [0.1, 0.15) is 44.0 Å². The maximum atomic E-state index is 4.53. The minimum absolute atomic E-state index is 0.241. The Kier molecular flexibility index (Phi) is 1.90. The van der Waals surface area contributed by atoms with E-state index in [-0.39, 0.29) is 5.41 Å². The predicted octanol–water partition coefficient (Wildman–Crippen LogP) is 2.87. The smallest absolute Gasteiger partial charge is 0.0435 e. The van der Waals surface area contributed by atoms with Gasteiger partial charge in [0.1, 0.15) is 0 Å². The van der Waals surface area contributed by atoms with E-state index in [1.807, 2.05) is 6.20 Å². The molecule has 0 spiro atoms. The van der Waals surface area contributed by atoms with Crippen LogP contribution in [0.15, 0.2) is 12.3 Å². The molecule has 1 heteroatoms. The van der Waals surface area contributed by atoms with Crippen molar-refractivity contribution < 1.29 is 0 Å². The first-order valence-electron chi connectivity index (χ1n) is 5.05. The van der Waals surface area contributed by atoms with E-state index in [0.717, 1.165) is 0 Å². The fraction of sp³-hybridized carbons (Fsp3) is 0.583. The number of rotatable bonds is 0. The maximum Gasteiger partial charge on any atom is 0.0435 e. The fourth-order valence-corrected chi connectivity index (χ4v) is 1.84. The molecule has 0 aromatic carbocycles. The molecule has 70 valence electrons. The molecule has 1 heterocycles. The van der Waals surface area contributed by atoms with Crippen molar-refractivity contribution in [2.75, 3.05) is 0 Å². The Morgan fingerprint density at radius 1 is 1.23 bits per heavy atom. The van der Waals surface area contributed by atoms with Crippen LogP contribution in [0.2, 0.25) is 0 Å². The van der Waals surface area contributed by atoms with Gasteiger partial charge in [0.25, 0.3) is 0 Å². The Bertz CT molecular complexity index is 320. The second-order valence-electron chi connectivity index (χ2n) is 4.93. The van der Waals surface area contributed by atoms with Crippen LogP contribution in [-0.4, -0.2) is 4.98 Å². The topological polar surface area (TPSA) is 12.9 Å². The van der Waals surface area contributed by atoms with Crippen LogP contribution in [0.25, 0.3) is 0 Å². The van der Waals surface area contributed by atoms with Gasteiger partial charge >= 0.3 is 0 Å². The number of aromatic nitrogens is 1. The molecular formula is C12H17N. The summed E-state index contributed by atoms with van der Waals surface area (Å²) in [6, 6.07) is 2.34. The molecule has 0 radical (unpaired) electrons. The third-order valence-electron chi connectivity index (χ3n) is 2.79. The predicted molar refractivity (Wildman–Crippen MR) is 55.0 cm³/mol. The van der Waals surface area contributed by atoms with Crippen LogP contribution >= 0.6 is 0 Å². The molecule has 0 amide bonds. The van der Waals surface area contributed by atoms with Gasteiger partial charge in [0, 0.05) is 11.9 Å². The maximum absolute atomic E-state index is 4.53. The van der Waals surface area contributed by atoms with Crippen LogP contribution in [0.4, 0.5) is 0 Å². The summed E-state index contributed by atoms with van der Waals surface area (Å²) in [4.78, 5) is 4.53. The van der Waals surface area contributed by atoms with Crippen LogP contribution < -0.4 is 0 Å². The highest BCUT2D eigenvalue weighted by Crippen LogP contribution is 2.26. The van der Waals surface area contributed by atoms with Gasteiger partial charge in [0.05, 0.1) is 0 Å². The molecule has 0 saturated carbocycles. The fourth-order valence-electron chi connectivity index (χ4n) is 1.84. The summed E-state index contributed by atoms with van der Waals surface area (Å²) < 4.78 is 0. The molecule has 1 aromatic rings. The number of nitrogens with zero attached hydrogens (tertiary/aromatic N) is 1. The molecule has 0 saturated heterocycles. The number of fused-ring (bicyclic) bond motifs is 1. The van der Waals surface area contributed by atoms with Gasteiger partial charge in [0.15, 0.2) is 0 Å². The van der Waals surface area contributed by atoms with Gasteiger partial charge in [-0.1, -0.05) is 26.8 Å². The number of hydrogen-bond donors (Lipinski definition) is 0. The minimum atomic E-state index is 0.241. The molecule has 0 N–H and O–H groups in total. The van der Waals surface area contributed by atoms with Crippen LogP contribution in [-0.2, 0) is 18.3 Å². The molecule has 2 rings (SSSR count). The lowest BCUT2D eigenvalue weighted by Crippen LogP contribution is -2.12. The Morgan fingerprint density at radius 3 is 2.69 bits per heavy atom. The van der Waals surface area contributed by atoms with Crippen molar-refractivity contribution in [2.45, 2.75) is 45.4 Å². The normalized spacial score (nSPS) is 15.9. The van der Waals surface area contributed by atoms with Crippen molar-refractivity contribution in [1.82, 2.24) is 4.98 Å². The summed E-state index contributed by atoms with van der Waals surface area (Å²) in [5.74, 6) is 0. The van der Waals surface area contributed by atoms with Crippen molar-refractivity contribution in [3.8, 4) is 0 Å². The summed E-state index contributed by atoms with van der Waals surface area (Å²) in [6.45, 7) is 6.72. The summed E-state index contributed by atoms with van der Waals surface area (Å²) in [6.07, 6.45) is 5.74. The second-order valence-corrected chi connectivity index (χ2v) is 4.93. The van der Waals surface area contributed by atoms with Gasteiger partial charge in [-0.05, 0) is 35.8 Å². The lowest BCUT2D eigenvalue weighted by molar-refractivity contribution is 0.586. The summed E-state index contributed by atoms with van der Waals surface area (Å²) in [5.41, 5.74) is 4.42. The molecule has 0 bridgehead atoms. The van der Waals surface area contributed by atoms with Gasteiger partial charge in [-0.15, -0.1) is 0 Å². The van der Waals surface area contributed by atoms with Gasteiger partial charge in [-0.2, -0.15) is 0 Å². The molecule has 0 aliphatic heterocycles. The zero-order chi connectivity index (χ0) is 9.47. The molecule has 0 unspecified atom stereocenters. The zero-order valence-corrected chi connectivity index (χ0v) is 8.72. The SMILES string of the molecule is CC(C)(C)c1cnc2c(c1)CCC2. The molecule has 1 aliphatic rings. The quantitative estimate of drug-likeness (QED) is 0.591. The monoisotopic (exact) mass is 175 g/mol. The Labute approximate surface area is 80.2 Å². The van der Waals surface area contributed by atoms with E-state index in [0.29, 0.717) is 0 Å². The molecule has 0 fully saturated rings. The van der Waals surface area contributed by atoms with Crippen molar-refractivity contribution in [3.05, 3.63) is 29.1 Å². The van der Waals surface area contributed by atoms with Crippen LogP contribution in [0.3, 0.4) is 0 Å². The summed E-state index contributed by atoms with van der Waals surface area (Å²) in [5, 5.41) is 0. The molecular weight excluding hydrogens is 158 g/mol. The van der Waals surface area contributed by atoms with E-state index in [1.165, 1.54) is 36.1 Å². The van der Waals surface area contributed by atoms with E-state index < -0.39 is 0 Å². The number of aryl methyl sites for hydroxylation is 2. The summed E-state index contributed by atoms with van der Waals surface area (Å²) >= 11 is 0. The Morgan fingerprint density at radius 2 is 2.00 bits per heavy atom.